The maximum Gasteiger partial charge on any atom is 0.292 e. The second-order valence-corrected chi connectivity index (χ2v) is 5.57. The van der Waals surface area contributed by atoms with Crippen molar-refractivity contribution in [2.45, 2.75) is 13.0 Å². The topological polar surface area (TPSA) is 89.5 Å². The Morgan fingerprint density at radius 3 is 2.95 bits per heavy atom. The maximum atomic E-state index is 12.4. The number of carbonyl (C=O) groups is 1. The van der Waals surface area contributed by atoms with Gasteiger partial charge in [0.1, 0.15) is 5.69 Å². The molecule has 1 unspecified atom stereocenters. The van der Waals surface area contributed by atoms with Gasteiger partial charge in [0, 0.05) is 30.2 Å². The van der Waals surface area contributed by atoms with Gasteiger partial charge in [-0.15, -0.1) is 0 Å². The number of amides is 1. The van der Waals surface area contributed by atoms with Crippen LogP contribution in [0, 0.1) is 10.1 Å². The standard InChI is InChI=1S/C12H15N3O3S/c1-8-7-19-6-5-14(8)12(16)9-3-2-4-10(11(9)13)15(17)18/h2-4,8H,5-7,13H2,1H3. The monoisotopic (exact) mass is 281 g/mol. The molecule has 0 saturated carbocycles. The van der Waals surface area contributed by atoms with Crippen molar-refractivity contribution in [3.05, 3.63) is 33.9 Å². The molecule has 0 radical (unpaired) electrons. The van der Waals surface area contributed by atoms with Gasteiger partial charge in [-0.3, -0.25) is 14.9 Å². The minimum atomic E-state index is -0.568. The van der Waals surface area contributed by atoms with Crippen molar-refractivity contribution in [2.24, 2.45) is 0 Å². The van der Waals surface area contributed by atoms with Crippen LogP contribution in [-0.4, -0.2) is 39.8 Å². The highest BCUT2D eigenvalue weighted by Gasteiger charge is 2.27. The average molecular weight is 281 g/mol. The third-order valence-corrected chi connectivity index (χ3v) is 4.33. The van der Waals surface area contributed by atoms with Crippen molar-refractivity contribution >= 4 is 29.0 Å². The number of carbonyl (C=O) groups excluding carboxylic acids is 1. The highest BCUT2D eigenvalue weighted by molar-refractivity contribution is 7.99. The fourth-order valence-corrected chi connectivity index (χ4v) is 3.10. The highest BCUT2D eigenvalue weighted by Crippen LogP contribution is 2.27. The lowest BCUT2D eigenvalue weighted by Crippen LogP contribution is -2.44. The third-order valence-electron chi connectivity index (χ3n) is 3.14. The van der Waals surface area contributed by atoms with Crippen molar-refractivity contribution < 1.29 is 9.72 Å². The second-order valence-electron chi connectivity index (χ2n) is 4.42. The first-order chi connectivity index (χ1) is 9.02. The van der Waals surface area contributed by atoms with E-state index in [1.807, 2.05) is 6.92 Å². The summed E-state index contributed by atoms with van der Waals surface area (Å²) in [5, 5.41) is 10.8. The Balaban J connectivity index is 2.33. The molecule has 1 aromatic rings. The van der Waals surface area contributed by atoms with Gasteiger partial charge in [-0.25, -0.2) is 0 Å². The van der Waals surface area contributed by atoms with E-state index in [2.05, 4.69) is 0 Å². The lowest BCUT2D eigenvalue weighted by molar-refractivity contribution is -0.383. The molecule has 0 aromatic heterocycles. The largest absolute Gasteiger partial charge is 0.393 e. The van der Waals surface area contributed by atoms with Crippen molar-refractivity contribution in [1.82, 2.24) is 4.90 Å². The molecule has 102 valence electrons. The molecule has 2 N–H and O–H groups in total. The SMILES string of the molecule is CC1CSCCN1C(=O)c1cccc([N+](=O)[O-])c1N. The minimum Gasteiger partial charge on any atom is -0.393 e. The molecular weight excluding hydrogens is 266 g/mol. The summed E-state index contributed by atoms with van der Waals surface area (Å²) in [5.74, 6) is 1.53. The van der Waals surface area contributed by atoms with Crippen LogP contribution in [0.15, 0.2) is 18.2 Å². The Morgan fingerprint density at radius 1 is 1.58 bits per heavy atom. The number of nitro benzene ring substituents is 1. The van der Waals surface area contributed by atoms with Crippen molar-refractivity contribution in [1.29, 1.82) is 0 Å². The van der Waals surface area contributed by atoms with Crippen molar-refractivity contribution in [3.8, 4) is 0 Å². The zero-order valence-corrected chi connectivity index (χ0v) is 11.4. The van der Waals surface area contributed by atoms with Gasteiger partial charge in [-0.2, -0.15) is 11.8 Å². The number of nitrogens with two attached hydrogens (primary N) is 1. The van der Waals surface area contributed by atoms with E-state index in [1.165, 1.54) is 12.1 Å². The summed E-state index contributed by atoms with van der Waals surface area (Å²) in [6.45, 7) is 2.62. The van der Waals surface area contributed by atoms with Crippen LogP contribution in [-0.2, 0) is 0 Å². The van der Waals surface area contributed by atoms with Gasteiger partial charge >= 0.3 is 0 Å². The molecule has 0 spiro atoms. The van der Waals surface area contributed by atoms with Crippen LogP contribution in [0.1, 0.15) is 17.3 Å². The third kappa shape index (κ3) is 2.65. The second kappa shape index (κ2) is 5.48. The van der Waals surface area contributed by atoms with Gasteiger partial charge in [0.05, 0.1) is 10.5 Å². The first-order valence-electron chi connectivity index (χ1n) is 5.94. The van der Waals surface area contributed by atoms with Gasteiger partial charge in [0.2, 0.25) is 0 Å². The first kappa shape index (κ1) is 13.7. The molecule has 7 heteroatoms. The van der Waals surface area contributed by atoms with E-state index in [4.69, 9.17) is 5.73 Å². The molecule has 1 fully saturated rings. The minimum absolute atomic E-state index is 0.0528. The average Bonchev–Trinajstić information content (AvgIpc) is 2.38. The van der Waals surface area contributed by atoms with Gasteiger partial charge in [-0.05, 0) is 13.0 Å². The van der Waals surface area contributed by atoms with Gasteiger partial charge in [-0.1, -0.05) is 6.07 Å². The van der Waals surface area contributed by atoms with Crippen molar-refractivity contribution in [3.63, 3.8) is 0 Å². The van der Waals surface area contributed by atoms with Crippen LogP contribution in [0.2, 0.25) is 0 Å². The summed E-state index contributed by atoms with van der Waals surface area (Å²) >= 11 is 1.80. The summed E-state index contributed by atoms with van der Waals surface area (Å²) in [7, 11) is 0. The van der Waals surface area contributed by atoms with Crippen LogP contribution >= 0.6 is 11.8 Å². The number of nitrogen functional groups attached to an aromatic ring is 1. The summed E-state index contributed by atoms with van der Waals surface area (Å²) in [6.07, 6.45) is 0. The zero-order chi connectivity index (χ0) is 14.0. The Labute approximate surface area is 115 Å². The number of nitrogens with zero attached hydrogens (tertiary/aromatic N) is 2. The number of rotatable bonds is 2. The smallest absolute Gasteiger partial charge is 0.292 e. The molecule has 19 heavy (non-hydrogen) atoms. The zero-order valence-electron chi connectivity index (χ0n) is 10.5. The fourth-order valence-electron chi connectivity index (χ4n) is 2.08. The molecular formula is C12H15N3O3S. The fraction of sp³-hybridized carbons (Fsp3) is 0.417. The summed E-state index contributed by atoms with van der Waals surface area (Å²) in [4.78, 5) is 24.4. The molecule has 1 aliphatic heterocycles. The van der Waals surface area contributed by atoms with Gasteiger partial charge < -0.3 is 10.6 Å². The summed E-state index contributed by atoms with van der Waals surface area (Å²) < 4.78 is 0. The van der Waals surface area contributed by atoms with Crippen LogP contribution < -0.4 is 5.73 Å². The number of anilines is 1. The molecule has 1 aromatic carbocycles. The molecule has 2 rings (SSSR count). The molecule has 6 nitrogen and oxygen atoms in total. The van der Waals surface area contributed by atoms with E-state index in [0.717, 1.165) is 11.5 Å². The van der Waals surface area contributed by atoms with Crippen LogP contribution in [0.3, 0.4) is 0 Å². The quantitative estimate of drug-likeness (QED) is 0.507. The Bertz CT molecular complexity index is 521. The molecule has 0 aliphatic carbocycles. The Hall–Kier alpha value is -1.76. The lowest BCUT2D eigenvalue weighted by Gasteiger charge is -2.33. The first-order valence-corrected chi connectivity index (χ1v) is 7.09. The normalized spacial score (nSPS) is 19.2. The molecule has 0 bridgehead atoms. The molecule has 1 amide bonds. The van der Waals surface area contributed by atoms with E-state index in [9.17, 15) is 14.9 Å². The number of hydrogen-bond acceptors (Lipinski definition) is 5. The predicted octanol–water partition coefficient (Wildman–Crippen LogP) is 1.75. The van der Waals surface area contributed by atoms with Crippen LogP contribution in [0.5, 0.6) is 0 Å². The van der Waals surface area contributed by atoms with E-state index in [1.54, 1.807) is 22.7 Å². The van der Waals surface area contributed by atoms with Gasteiger partial charge in [0.15, 0.2) is 0 Å². The Morgan fingerprint density at radius 2 is 2.32 bits per heavy atom. The molecule has 1 heterocycles. The van der Waals surface area contributed by atoms with E-state index >= 15 is 0 Å². The van der Waals surface area contributed by atoms with E-state index in [-0.39, 0.29) is 28.9 Å². The maximum absolute atomic E-state index is 12.4. The summed E-state index contributed by atoms with van der Waals surface area (Å²) in [6, 6.07) is 4.45. The van der Waals surface area contributed by atoms with E-state index in [0.29, 0.717) is 6.54 Å². The summed E-state index contributed by atoms with van der Waals surface area (Å²) in [5.41, 5.74) is 5.69. The van der Waals surface area contributed by atoms with Gasteiger partial charge in [0.25, 0.3) is 11.6 Å². The number of nitro groups is 1. The molecule has 1 atom stereocenters. The Kier molecular flexibility index (Phi) is 3.94. The predicted molar refractivity (Wildman–Crippen MR) is 75.3 cm³/mol. The number of thioether (sulfide) groups is 1. The molecule has 1 saturated heterocycles. The van der Waals surface area contributed by atoms with Crippen LogP contribution in [0.4, 0.5) is 11.4 Å². The van der Waals surface area contributed by atoms with Crippen LogP contribution in [0.25, 0.3) is 0 Å². The number of benzene rings is 1. The van der Waals surface area contributed by atoms with E-state index < -0.39 is 4.92 Å². The lowest BCUT2D eigenvalue weighted by atomic mass is 10.1. The molecule has 1 aliphatic rings. The number of hydrogen-bond donors (Lipinski definition) is 1. The highest BCUT2D eigenvalue weighted by atomic mass is 32.2. The van der Waals surface area contributed by atoms with Crippen molar-refractivity contribution in [2.75, 3.05) is 23.8 Å². The number of para-hydroxylation sites is 1.